The monoisotopic (exact) mass is 224 g/mol. The summed E-state index contributed by atoms with van der Waals surface area (Å²) in [7, 11) is 0. The van der Waals surface area contributed by atoms with Crippen molar-refractivity contribution in [2.75, 3.05) is 18.0 Å². The number of rotatable bonds is 2. The van der Waals surface area contributed by atoms with Crippen molar-refractivity contribution in [1.29, 1.82) is 0 Å². The minimum absolute atomic E-state index is 0.272. The maximum absolute atomic E-state index is 12.7. The second-order valence-electron chi connectivity index (χ2n) is 4.41. The molecule has 1 saturated heterocycles. The first-order valence-electron chi connectivity index (χ1n) is 5.65. The summed E-state index contributed by atoms with van der Waals surface area (Å²) in [4.78, 5) is 10.1. The molecule has 2 rings (SSSR count). The third kappa shape index (κ3) is 2.29. The second kappa shape index (κ2) is 4.74. The topological polar surface area (TPSA) is 55.0 Å². The molecule has 0 aliphatic carbocycles. The summed E-state index contributed by atoms with van der Waals surface area (Å²) < 4.78 is 12.7. The van der Waals surface area contributed by atoms with Gasteiger partial charge in [0, 0.05) is 19.1 Å². The first kappa shape index (κ1) is 11.3. The van der Waals surface area contributed by atoms with E-state index >= 15 is 0 Å². The van der Waals surface area contributed by atoms with Crippen LogP contribution >= 0.6 is 0 Å². The number of nitrogens with zero attached hydrogens (tertiary/aromatic N) is 3. The molecule has 0 amide bonds. The van der Waals surface area contributed by atoms with Crippen LogP contribution in [0.5, 0.6) is 0 Å². The predicted molar refractivity (Wildman–Crippen MR) is 60.6 cm³/mol. The normalized spacial score (nSPS) is 25.8. The van der Waals surface area contributed by atoms with Gasteiger partial charge in [0.2, 0.25) is 5.95 Å². The molecule has 1 aromatic rings. The molecular formula is C11H17FN4. The van der Waals surface area contributed by atoms with E-state index in [4.69, 9.17) is 5.73 Å². The van der Waals surface area contributed by atoms with Gasteiger partial charge in [-0.1, -0.05) is 6.92 Å². The minimum atomic E-state index is -0.404. The second-order valence-corrected chi connectivity index (χ2v) is 4.41. The molecule has 2 atom stereocenters. The van der Waals surface area contributed by atoms with Gasteiger partial charge in [0.1, 0.15) is 0 Å². The van der Waals surface area contributed by atoms with Gasteiger partial charge in [-0.05, 0) is 18.8 Å². The average Bonchev–Trinajstić information content (AvgIpc) is 2.30. The highest BCUT2D eigenvalue weighted by atomic mass is 19.1. The molecule has 0 radical (unpaired) electrons. The maximum Gasteiger partial charge on any atom is 0.225 e. The van der Waals surface area contributed by atoms with Gasteiger partial charge in [-0.2, -0.15) is 0 Å². The quantitative estimate of drug-likeness (QED) is 0.819. The van der Waals surface area contributed by atoms with E-state index in [9.17, 15) is 4.39 Å². The van der Waals surface area contributed by atoms with Crippen LogP contribution in [0.15, 0.2) is 12.4 Å². The van der Waals surface area contributed by atoms with E-state index in [2.05, 4.69) is 21.8 Å². The van der Waals surface area contributed by atoms with Crippen molar-refractivity contribution in [2.24, 2.45) is 11.7 Å². The number of piperidine rings is 1. The van der Waals surface area contributed by atoms with E-state index < -0.39 is 5.82 Å². The predicted octanol–water partition coefficient (Wildman–Crippen LogP) is 1.18. The van der Waals surface area contributed by atoms with Crippen molar-refractivity contribution in [1.82, 2.24) is 9.97 Å². The summed E-state index contributed by atoms with van der Waals surface area (Å²) in [6.07, 6.45) is 4.57. The first-order chi connectivity index (χ1) is 7.70. The fraction of sp³-hybridized carbons (Fsp3) is 0.636. The molecule has 1 fully saturated rings. The minimum Gasteiger partial charge on any atom is -0.337 e. The van der Waals surface area contributed by atoms with Crippen molar-refractivity contribution >= 4 is 5.95 Å². The number of halogens is 1. The van der Waals surface area contributed by atoms with Gasteiger partial charge in [-0.15, -0.1) is 0 Å². The van der Waals surface area contributed by atoms with Crippen molar-refractivity contribution in [3.8, 4) is 0 Å². The van der Waals surface area contributed by atoms with Crippen LogP contribution in [0.25, 0.3) is 0 Å². The molecule has 2 heterocycles. The maximum atomic E-state index is 12.7. The molecular weight excluding hydrogens is 207 g/mol. The SMILES string of the molecule is CC1CCN(c2ncc(F)cn2)C(CN)C1. The fourth-order valence-corrected chi connectivity index (χ4v) is 2.19. The first-order valence-corrected chi connectivity index (χ1v) is 5.65. The number of nitrogens with two attached hydrogens (primary N) is 1. The van der Waals surface area contributed by atoms with Crippen LogP contribution in [0.2, 0.25) is 0 Å². The van der Waals surface area contributed by atoms with E-state index in [-0.39, 0.29) is 6.04 Å². The van der Waals surface area contributed by atoms with Crippen LogP contribution in [-0.2, 0) is 0 Å². The molecule has 0 spiro atoms. The van der Waals surface area contributed by atoms with Crippen LogP contribution in [0.1, 0.15) is 19.8 Å². The molecule has 1 aromatic heterocycles. The molecule has 88 valence electrons. The standard InChI is InChI=1S/C11H17FN4/c1-8-2-3-16(10(4-8)5-13)11-14-6-9(12)7-15-11/h6-8,10H,2-5,13H2,1H3. The lowest BCUT2D eigenvalue weighted by molar-refractivity contribution is 0.362. The third-order valence-electron chi connectivity index (χ3n) is 3.11. The van der Waals surface area contributed by atoms with Crippen molar-refractivity contribution in [3.63, 3.8) is 0 Å². The summed E-state index contributed by atoms with van der Waals surface area (Å²) in [6.45, 7) is 3.71. The fourth-order valence-electron chi connectivity index (χ4n) is 2.19. The zero-order chi connectivity index (χ0) is 11.5. The molecule has 16 heavy (non-hydrogen) atoms. The molecule has 0 saturated carbocycles. The Balaban J connectivity index is 2.15. The number of hydrogen-bond acceptors (Lipinski definition) is 4. The zero-order valence-corrected chi connectivity index (χ0v) is 9.43. The van der Waals surface area contributed by atoms with Crippen molar-refractivity contribution in [3.05, 3.63) is 18.2 Å². The Morgan fingerprint density at radius 3 is 2.81 bits per heavy atom. The molecule has 5 heteroatoms. The van der Waals surface area contributed by atoms with Crippen LogP contribution in [0, 0.1) is 11.7 Å². The van der Waals surface area contributed by atoms with E-state index in [0.717, 1.165) is 19.4 Å². The Morgan fingerprint density at radius 1 is 1.50 bits per heavy atom. The van der Waals surface area contributed by atoms with Gasteiger partial charge in [-0.3, -0.25) is 0 Å². The molecule has 1 aliphatic rings. The number of anilines is 1. The van der Waals surface area contributed by atoms with Crippen LogP contribution in [0.3, 0.4) is 0 Å². The van der Waals surface area contributed by atoms with Gasteiger partial charge in [-0.25, -0.2) is 14.4 Å². The summed E-state index contributed by atoms with van der Waals surface area (Å²) in [5.41, 5.74) is 5.75. The summed E-state index contributed by atoms with van der Waals surface area (Å²) >= 11 is 0. The smallest absolute Gasteiger partial charge is 0.225 e. The number of hydrogen-bond donors (Lipinski definition) is 1. The largest absolute Gasteiger partial charge is 0.337 e. The molecule has 2 unspecified atom stereocenters. The molecule has 4 nitrogen and oxygen atoms in total. The van der Waals surface area contributed by atoms with Crippen molar-refractivity contribution < 1.29 is 4.39 Å². The summed E-state index contributed by atoms with van der Waals surface area (Å²) in [6, 6.07) is 0.272. The lowest BCUT2D eigenvalue weighted by Crippen LogP contribution is -2.47. The Labute approximate surface area is 94.7 Å². The van der Waals surface area contributed by atoms with E-state index in [1.807, 2.05) is 0 Å². The van der Waals surface area contributed by atoms with Gasteiger partial charge >= 0.3 is 0 Å². The van der Waals surface area contributed by atoms with Crippen LogP contribution in [0.4, 0.5) is 10.3 Å². The van der Waals surface area contributed by atoms with E-state index in [0.29, 0.717) is 18.4 Å². The zero-order valence-electron chi connectivity index (χ0n) is 9.43. The third-order valence-corrected chi connectivity index (χ3v) is 3.11. The van der Waals surface area contributed by atoms with Gasteiger partial charge in [0.15, 0.2) is 5.82 Å². The van der Waals surface area contributed by atoms with Crippen LogP contribution < -0.4 is 10.6 Å². The van der Waals surface area contributed by atoms with Gasteiger partial charge in [0.05, 0.1) is 12.4 Å². The Hall–Kier alpha value is -1.23. The van der Waals surface area contributed by atoms with Gasteiger partial charge in [0.25, 0.3) is 0 Å². The van der Waals surface area contributed by atoms with Crippen LogP contribution in [-0.4, -0.2) is 29.1 Å². The van der Waals surface area contributed by atoms with E-state index in [1.165, 1.54) is 12.4 Å². The molecule has 1 aliphatic heterocycles. The highest BCUT2D eigenvalue weighted by Gasteiger charge is 2.26. The molecule has 0 bridgehead atoms. The Kier molecular flexibility index (Phi) is 3.33. The summed E-state index contributed by atoms with van der Waals surface area (Å²) in [5, 5.41) is 0. The molecule has 2 N–H and O–H groups in total. The van der Waals surface area contributed by atoms with E-state index in [1.54, 1.807) is 0 Å². The average molecular weight is 224 g/mol. The molecule has 0 aromatic carbocycles. The lowest BCUT2D eigenvalue weighted by Gasteiger charge is -2.37. The van der Waals surface area contributed by atoms with Crippen molar-refractivity contribution in [2.45, 2.75) is 25.8 Å². The lowest BCUT2D eigenvalue weighted by atomic mass is 9.93. The van der Waals surface area contributed by atoms with Gasteiger partial charge < -0.3 is 10.6 Å². The Bertz CT molecular complexity index is 340. The number of aromatic nitrogens is 2. The highest BCUT2D eigenvalue weighted by Crippen LogP contribution is 2.24. The summed E-state index contributed by atoms with van der Waals surface area (Å²) in [5.74, 6) is 0.868. The highest BCUT2D eigenvalue weighted by molar-refractivity contribution is 5.31. The Morgan fingerprint density at radius 2 is 2.19 bits per heavy atom.